The summed E-state index contributed by atoms with van der Waals surface area (Å²) in [4.78, 5) is 0.345. The summed E-state index contributed by atoms with van der Waals surface area (Å²) in [6, 6.07) is 3.89. The molecule has 3 rings (SSSR count). The van der Waals surface area contributed by atoms with E-state index in [-0.39, 0.29) is 4.93 Å². The number of nitrogens with zero attached hydrogens (tertiary/aromatic N) is 1. The third-order valence-electron chi connectivity index (χ3n) is 4.50. The van der Waals surface area contributed by atoms with Gasteiger partial charge in [-0.15, -0.1) is 11.8 Å². The molecule has 1 spiro atoms. The Morgan fingerprint density at radius 3 is 2.23 bits per heavy atom. The predicted molar refractivity (Wildman–Crippen MR) is 89.8 cm³/mol. The zero-order valence-electron chi connectivity index (χ0n) is 13.4. The van der Waals surface area contributed by atoms with E-state index in [0.29, 0.717) is 18.0 Å². The van der Waals surface area contributed by atoms with Gasteiger partial charge in [-0.3, -0.25) is 0 Å². The summed E-state index contributed by atoms with van der Waals surface area (Å²) in [5.74, 6) is 1.02. The average molecular weight is 341 g/mol. The summed E-state index contributed by atoms with van der Waals surface area (Å²) < 4.78 is 33.5. The molecule has 0 amide bonds. The summed E-state index contributed by atoms with van der Waals surface area (Å²) >= 11 is 1.84. The highest BCUT2D eigenvalue weighted by Crippen LogP contribution is 2.42. The van der Waals surface area contributed by atoms with Crippen LogP contribution >= 0.6 is 11.8 Å². The molecule has 2 heterocycles. The minimum absolute atomic E-state index is 0.136. The number of piperidine rings is 1. The molecule has 2 saturated heterocycles. The fraction of sp³-hybridized carbons (Fsp3) is 0.625. The van der Waals surface area contributed by atoms with Crippen molar-refractivity contribution in [1.82, 2.24) is 4.31 Å². The van der Waals surface area contributed by atoms with Crippen molar-refractivity contribution in [3.05, 3.63) is 28.8 Å². The predicted octanol–water partition coefficient (Wildman–Crippen LogP) is 2.86. The molecule has 0 atom stereocenters. The maximum atomic E-state index is 13.0. The van der Waals surface area contributed by atoms with E-state index in [0.717, 1.165) is 41.9 Å². The van der Waals surface area contributed by atoms with E-state index in [9.17, 15) is 8.42 Å². The molecule has 2 aliphatic heterocycles. The van der Waals surface area contributed by atoms with Crippen molar-refractivity contribution in [2.75, 3.05) is 25.4 Å². The molecule has 0 bridgehead atoms. The molecule has 6 heteroatoms. The van der Waals surface area contributed by atoms with Gasteiger partial charge in [0.15, 0.2) is 0 Å². The van der Waals surface area contributed by atoms with Crippen LogP contribution in [0.15, 0.2) is 17.0 Å². The highest BCUT2D eigenvalue weighted by molar-refractivity contribution is 8.00. The number of hydrogen-bond donors (Lipinski definition) is 0. The van der Waals surface area contributed by atoms with Gasteiger partial charge in [0.25, 0.3) is 0 Å². The first kappa shape index (κ1) is 16.3. The highest BCUT2D eigenvalue weighted by Gasteiger charge is 2.42. The fourth-order valence-electron chi connectivity index (χ4n) is 3.56. The largest absolute Gasteiger partial charge is 0.363 e. The highest BCUT2D eigenvalue weighted by atomic mass is 32.2. The lowest BCUT2D eigenvalue weighted by molar-refractivity contribution is 0.0161. The molecule has 1 aromatic carbocycles. The quantitative estimate of drug-likeness (QED) is 0.830. The summed E-state index contributed by atoms with van der Waals surface area (Å²) in [6.07, 6.45) is 1.56. The Labute approximate surface area is 137 Å². The Bertz CT molecular complexity index is 646. The molecule has 2 fully saturated rings. The van der Waals surface area contributed by atoms with Gasteiger partial charge in [-0.1, -0.05) is 17.7 Å². The molecular formula is C16H23NO3S2. The van der Waals surface area contributed by atoms with E-state index in [1.54, 1.807) is 4.31 Å². The van der Waals surface area contributed by atoms with Crippen LogP contribution < -0.4 is 0 Å². The Morgan fingerprint density at radius 2 is 1.73 bits per heavy atom. The maximum Gasteiger partial charge on any atom is 0.243 e. The van der Waals surface area contributed by atoms with Gasteiger partial charge in [-0.25, -0.2) is 8.42 Å². The molecule has 122 valence electrons. The number of aryl methyl sites for hydroxylation is 3. The lowest BCUT2D eigenvalue weighted by Gasteiger charge is -2.37. The van der Waals surface area contributed by atoms with Crippen LogP contribution in [0.1, 0.15) is 29.5 Å². The van der Waals surface area contributed by atoms with Crippen molar-refractivity contribution in [2.45, 2.75) is 43.4 Å². The molecule has 0 aromatic heterocycles. The van der Waals surface area contributed by atoms with Gasteiger partial charge < -0.3 is 4.74 Å². The third kappa shape index (κ3) is 2.82. The Balaban J connectivity index is 1.86. The molecule has 0 aliphatic carbocycles. The van der Waals surface area contributed by atoms with E-state index in [4.69, 9.17) is 4.74 Å². The fourth-order valence-corrected chi connectivity index (χ4v) is 6.59. The molecule has 0 unspecified atom stereocenters. The molecule has 4 nitrogen and oxygen atoms in total. The minimum Gasteiger partial charge on any atom is -0.363 e. The SMILES string of the molecule is Cc1cc(C)c(S(=O)(=O)N2CCC3(CC2)OCCS3)c(C)c1. The second kappa shape index (κ2) is 5.82. The van der Waals surface area contributed by atoms with Crippen LogP contribution in [0.25, 0.3) is 0 Å². The topological polar surface area (TPSA) is 46.6 Å². The lowest BCUT2D eigenvalue weighted by atomic mass is 10.1. The molecule has 0 saturated carbocycles. The number of benzene rings is 1. The smallest absolute Gasteiger partial charge is 0.243 e. The zero-order chi connectivity index (χ0) is 16.0. The van der Waals surface area contributed by atoms with E-state index in [2.05, 4.69) is 0 Å². The lowest BCUT2D eigenvalue weighted by Crippen LogP contribution is -2.45. The van der Waals surface area contributed by atoms with Gasteiger partial charge >= 0.3 is 0 Å². The average Bonchev–Trinajstić information content (AvgIpc) is 2.86. The van der Waals surface area contributed by atoms with Crippen molar-refractivity contribution in [3.63, 3.8) is 0 Å². The zero-order valence-corrected chi connectivity index (χ0v) is 15.0. The van der Waals surface area contributed by atoms with Gasteiger partial charge in [-0.05, 0) is 44.7 Å². The van der Waals surface area contributed by atoms with Crippen LogP contribution in [0.4, 0.5) is 0 Å². The van der Waals surface area contributed by atoms with Crippen LogP contribution in [0.2, 0.25) is 0 Å². The van der Waals surface area contributed by atoms with Gasteiger partial charge in [0.2, 0.25) is 10.0 Å². The first-order valence-electron chi connectivity index (χ1n) is 7.70. The summed E-state index contributed by atoms with van der Waals surface area (Å²) in [7, 11) is -3.42. The van der Waals surface area contributed by atoms with Crippen LogP contribution in [0, 0.1) is 20.8 Å². The van der Waals surface area contributed by atoms with Crippen LogP contribution in [0.3, 0.4) is 0 Å². The standard InChI is InChI=1S/C16H23NO3S2/c1-12-10-13(2)15(14(3)11-12)22(18,19)17-6-4-16(5-7-17)20-8-9-21-16/h10-11H,4-9H2,1-3H3. The summed E-state index contributed by atoms with van der Waals surface area (Å²) in [6.45, 7) is 7.63. The van der Waals surface area contributed by atoms with Gasteiger partial charge in [-0.2, -0.15) is 4.31 Å². The van der Waals surface area contributed by atoms with E-state index >= 15 is 0 Å². The second-order valence-electron chi connectivity index (χ2n) is 6.24. The van der Waals surface area contributed by atoms with Crippen LogP contribution in [-0.4, -0.2) is 43.1 Å². The Kier molecular flexibility index (Phi) is 4.31. The van der Waals surface area contributed by atoms with E-state index in [1.165, 1.54) is 0 Å². The van der Waals surface area contributed by atoms with Gasteiger partial charge in [0.05, 0.1) is 11.5 Å². The summed E-state index contributed by atoms with van der Waals surface area (Å²) in [5.41, 5.74) is 2.77. The Hall–Kier alpha value is -0.560. The second-order valence-corrected chi connectivity index (χ2v) is 9.56. The minimum atomic E-state index is -3.42. The van der Waals surface area contributed by atoms with Gasteiger partial charge in [0, 0.05) is 18.8 Å². The number of sulfonamides is 1. The van der Waals surface area contributed by atoms with Gasteiger partial charge in [0.1, 0.15) is 4.93 Å². The summed E-state index contributed by atoms with van der Waals surface area (Å²) in [5, 5.41) is 0. The first-order valence-corrected chi connectivity index (χ1v) is 10.1. The number of hydrogen-bond acceptors (Lipinski definition) is 4. The number of rotatable bonds is 2. The molecule has 0 radical (unpaired) electrons. The number of ether oxygens (including phenoxy) is 1. The van der Waals surface area contributed by atoms with Crippen molar-refractivity contribution >= 4 is 21.8 Å². The van der Waals surface area contributed by atoms with Crippen molar-refractivity contribution in [2.24, 2.45) is 0 Å². The van der Waals surface area contributed by atoms with Crippen molar-refractivity contribution in [1.29, 1.82) is 0 Å². The monoisotopic (exact) mass is 341 g/mol. The molecular weight excluding hydrogens is 318 g/mol. The molecule has 2 aliphatic rings. The van der Waals surface area contributed by atoms with Crippen LogP contribution in [-0.2, 0) is 14.8 Å². The molecule has 22 heavy (non-hydrogen) atoms. The number of thioether (sulfide) groups is 1. The first-order chi connectivity index (χ1) is 10.3. The maximum absolute atomic E-state index is 13.0. The van der Waals surface area contributed by atoms with Crippen LogP contribution in [0.5, 0.6) is 0 Å². The Morgan fingerprint density at radius 1 is 1.14 bits per heavy atom. The normalized spacial score (nSPS) is 22.3. The third-order valence-corrected chi connectivity index (χ3v) is 8.13. The molecule has 1 aromatic rings. The van der Waals surface area contributed by atoms with E-state index in [1.807, 2.05) is 44.7 Å². The molecule has 0 N–H and O–H groups in total. The van der Waals surface area contributed by atoms with E-state index < -0.39 is 10.0 Å². The van der Waals surface area contributed by atoms with Crippen molar-refractivity contribution in [3.8, 4) is 0 Å². The van der Waals surface area contributed by atoms with Crippen molar-refractivity contribution < 1.29 is 13.2 Å².